The lowest BCUT2D eigenvalue weighted by Gasteiger charge is -2.24. The Hall–Kier alpha value is -7.42. The second kappa shape index (κ2) is 13.5. The molecule has 2 aliphatic carbocycles. The Kier molecular flexibility index (Phi) is 7.96. The first-order chi connectivity index (χ1) is 30.3. The van der Waals surface area contributed by atoms with E-state index in [0.29, 0.717) is 5.82 Å². The van der Waals surface area contributed by atoms with Gasteiger partial charge in [0, 0.05) is 27.5 Å². The summed E-state index contributed by atoms with van der Waals surface area (Å²) in [6.45, 7) is 9.45. The van der Waals surface area contributed by atoms with E-state index in [-0.39, 0.29) is 10.8 Å². The first kappa shape index (κ1) is 36.4. The normalized spacial score (nSPS) is 14.1. The quantitative estimate of drug-likeness (QED) is 0.173. The van der Waals surface area contributed by atoms with Crippen molar-refractivity contribution in [2.45, 2.75) is 38.5 Å². The van der Waals surface area contributed by atoms with Gasteiger partial charge < -0.3 is 0 Å². The van der Waals surface area contributed by atoms with Crippen molar-refractivity contribution in [3.8, 4) is 78.4 Å². The van der Waals surface area contributed by atoms with Gasteiger partial charge in [0.05, 0.1) is 11.4 Å². The fourth-order valence-electron chi connectivity index (χ4n) is 10.8. The fourth-order valence-corrected chi connectivity index (χ4v) is 10.8. The van der Waals surface area contributed by atoms with Crippen LogP contribution in [0.2, 0.25) is 0 Å². The average Bonchev–Trinajstić information content (AvgIpc) is 3.70. The summed E-state index contributed by atoms with van der Waals surface area (Å²) in [6.07, 6.45) is 0. The molecule has 2 nitrogen and oxygen atoms in total. The van der Waals surface area contributed by atoms with E-state index in [1.54, 1.807) is 0 Å². The third-order valence-electron chi connectivity index (χ3n) is 13.9. The minimum absolute atomic E-state index is 0.0951. The molecule has 1 heterocycles. The van der Waals surface area contributed by atoms with Gasteiger partial charge in [0.1, 0.15) is 0 Å². The maximum absolute atomic E-state index is 5.32. The summed E-state index contributed by atoms with van der Waals surface area (Å²) in [5.74, 6) is 0.711. The molecule has 0 unspecified atom stereocenters. The van der Waals surface area contributed by atoms with E-state index in [4.69, 9.17) is 9.97 Å². The molecule has 0 fully saturated rings. The minimum atomic E-state index is -0.118. The van der Waals surface area contributed by atoms with Gasteiger partial charge in [-0.3, -0.25) is 0 Å². The van der Waals surface area contributed by atoms with Gasteiger partial charge in [-0.25, -0.2) is 9.97 Å². The maximum atomic E-state index is 5.32. The van der Waals surface area contributed by atoms with Gasteiger partial charge in [-0.05, 0) is 107 Å². The molecule has 0 atom stereocenters. The Balaban J connectivity index is 0.992. The standard InChI is InChI=1S/C60H44N2/c1-59(2)52-27-15-24-48(56(52)50-34-40-18-8-9-19-41(40)35-53(50)59)45-32-33-47(44-21-11-10-20-43(44)45)55-36-54(61-58(62-55)39-16-6-5-7-17-39)38-30-28-37(29-31-38)42-23-14-25-49-46-22-12-13-26-51(46)60(3,4)57(42)49/h5-36H,1-4H3. The highest BCUT2D eigenvalue weighted by Gasteiger charge is 2.38. The predicted molar refractivity (Wildman–Crippen MR) is 259 cm³/mol. The lowest BCUT2D eigenvalue weighted by atomic mass is 9.79. The topological polar surface area (TPSA) is 25.8 Å². The minimum Gasteiger partial charge on any atom is -0.228 e. The first-order valence-electron chi connectivity index (χ1n) is 21.7. The van der Waals surface area contributed by atoms with Crippen molar-refractivity contribution >= 4 is 21.5 Å². The van der Waals surface area contributed by atoms with Crippen LogP contribution in [0.15, 0.2) is 194 Å². The highest BCUT2D eigenvalue weighted by Crippen LogP contribution is 2.55. The number of aromatic nitrogens is 2. The molecule has 2 heteroatoms. The number of hydrogen-bond acceptors (Lipinski definition) is 2. The van der Waals surface area contributed by atoms with E-state index in [2.05, 4.69) is 216 Å². The maximum Gasteiger partial charge on any atom is 0.160 e. The molecule has 0 aliphatic heterocycles. The fraction of sp³-hybridized carbons (Fsp3) is 0.100. The molecular weight excluding hydrogens is 749 g/mol. The molecule has 62 heavy (non-hydrogen) atoms. The van der Waals surface area contributed by atoms with Gasteiger partial charge in [-0.15, -0.1) is 0 Å². The Bertz CT molecular complexity index is 3450. The lowest BCUT2D eigenvalue weighted by Crippen LogP contribution is -2.16. The molecule has 0 saturated heterocycles. The van der Waals surface area contributed by atoms with Crippen LogP contribution in [0.4, 0.5) is 0 Å². The van der Waals surface area contributed by atoms with Crippen LogP contribution in [0.25, 0.3) is 100.0 Å². The molecule has 0 spiro atoms. The van der Waals surface area contributed by atoms with Crippen LogP contribution in [-0.2, 0) is 10.8 Å². The van der Waals surface area contributed by atoms with Gasteiger partial charge in [-0.1, -0.05) is 204 Å². The summed E-state index contributed by atoms with van der Waals surface area (Å²) in [5.41, 5.74) is 20.6. The van der Waals surface area contributed by atoms with Crippen LogP contribution in [0.1, 0.15) is 49.9 Å². The number of hydrogen-bond donors (Lipinski definition) is 0. The molecule has 10 aromatic rings. The smallest absolute Gasteiger partial charge is 0.160 e. The molecule has 9 aromatic carbocycles. The number of benzene rings is 9. The van der Waals surface area contributed by atoms with E-state index in [1.165, 1.54) is 88.3 Å². The van der Waals surface area contributed by atoms with Crippen LogP contribution >= 0.6 is 0 Å². The zero-order valence-electron chi connectivity index (χ0n) is 35.4. The van der Waals surface area contributed by atoms with E-state index in [9.17, 15) is 0 Å². The molecule has 0 N–H and O–H groups in total. The molecule has 2 aliphatic rings. The summed E-state index contributed by atoms with van der Waals surface area (Å²) in [4.78, 5) is 10.6. The Morgan fingerprint density at radius 2 is 0.903 bits per heavy atom. The largest absolute Gasteiger partial charge is 0.228 e. The average molecular weight is 793 g/mol. The molecule has 0 amide bonds. The summed E-state index contributed by atoms with van der Waals surface area (Å²) in [7, 11) is 0. The zero-order valence-corrected chi connectivity index (χ0v) is 35.4. The van der Waals surface area contributed by atoms with Crippen LogP contribution in [0.5, 0.6) is 0 Å². The number of nitrogens with zero attached hydrogens (tertiary/aromatic N) is 2. The van der Waals surface area contributed by atoms with Gasteiger partial charge in [0.15, 0.2) is 5.82 Å². The summed E-state index contributed by atoms with van der Waals surface area (Å²) >= 11 is 0. The lowest BCUT2D eigenvalue weighted by molar-refractivity contribution is 0.661. The monoisotopic (exact) mass is 792 g/mol. The predicted octanol–water partition coefficient (Wildman–Crippen LogP) is 15.7. The van der Waals surface area contributed by atoms with Crippen LogP contribution < -0.4 is 0 Å². The Morgan fingerprint density at radius 3 is 1.71 bits per heavy atom. The van der Waals surface area contributed by atoms with Crippen molar-refractivity contribution in [2.75, 3.05) is 0 Å². The SMILES string of the molecule is CC1(C)c2cc3ccccc3cc2-c2c(-c3ccc(-c4cc(-c5ccc(-c6cccc7c6C(C)(C)c6ccccc6-7)cc5)nc(-c5ccccc5)n4)c4ccccc34)cccc21. The first-order valence-corrected chi connectivity index (χ1v) is 21.7. The zero-order chi connectivity index (χ0) is 41.7. The van der Waals surface area contributed by atoms with Crippen LogP contribution in [-0.4, -0.2) is 9.97 Å². The van der Waals surface area contributed by atoms with Gasteiger partial charge >= 0.3 is 0 Å². The van der Waals surface area contributed by atoms with Crippen molar-refractivity contribution in [3.05, 3.63) is 216 Å². The molecule has 0 saturated carbocycles. The molecule has 12 rings (SSSR count). The van der Waals surface area contributed by atoms with Crippen LogP contribution in [0.3, 0.4) is 0 Å². The van der Waals surface area contributed by atoms with Crippen molar-refractivity contribution in [3.63, 3.8) is 0 Å². The summed E-state index contributed by atoms with van der Waals surface area (Å²) < 4.78 is 0. The van der Waals surface area contributed by atoms with E-state index in [1.807, 2.05) is 6.07 Å². The number of fused-ring (bicyclic) bond motifs is 8. The summed E-state index contributed by atoms with van der Waals surface area (Å²) in [5, 5.41) is 4.93. The van der Waals surface area contributed by atoms with Crippen molar-refractivity contribution in [2.24, 2.45) is 0 Å². The van der Waals surface area contributed by atoms with E-state index >= 15 is 0 Å². The molecular formula is C60H44N2. The van der Waals surface area contributed by atoms with Crippen LogP contribution in [0, 0.1) is 0 Å². The van der Waals surface area contributed by atoms with E-state index in [0.717, 1.165) is 28.1 Å². The summed E-state index contributed by atoms with van der Waals surface area (Å²) in [6, 6.07) is 71.0. The molecule has 294 valence electrons. The Labute approximate surface area is 363 Å². The van der Waals surface area contributed by atoms with Gasteiger partial charge in [0.25, 0.3) is 0 Å². The molecule has 0 radical (unpaired) electrons. The van der Waals surface area contributed by atoms with E-state index < -0.39 is 0 Å². The van der Waals surface area contributed by atoms with Crippen molar-refractivity contribution in [1.82, 2.24) is 9.97 Å². The number of rotatable bonds is 5. The van der Waals surface area contributed by atoms with Crippen molar-refractivity contribution < 1.29 is 0 Å². The van der Waals surface area contributed by atoms with Gasteiger partial charge in [-0.2, -0.15) is 0 Å². The second-order valence-corrected chi connectivity index (χ2v) is 18.1. The molecule has 1 aromatic heterocycles. The third kappa shape index (κ3) is 5.43. The van der Waals surface area contributed by atoms with Gasteiger partial charge in [0.2, 0.25) is 0 Å². The highest BCUT2D eigenvalue weighted by atomic mass is 14.9. The molecule has 0 bridgehead atoms. The highest BCUT2D eigenvalue weighted by molar-refractivity contribution is 6.08. The third-order valence-corrected chi connectivity index (χ3v) is 13.9. The second-order valence-electron chi connectivity index (χ2n) is 18.1. The Morgan fingerprint density at radius 1 is 0.323 bits per heavy atom. The van der Waals surface area contributed by atoms with Crippen molar-refractivity contribution in [1.29, 1.82) is 0 Å².